The smallest absolute Gasteiger partial charge is 0.337 e. The molecule has 2 aromatic carbocycles. The first kappa shape index (κ1) is 14.2. The van der Waals surface area contributed by atoms with Crippen LogP contribution in [0.3, 0.4) is 0 Å². The van der Waals surface area contributed by atoms with Gasteiger partial charge in [-0.2, -0.15) is 0 Å². The maximum absolute atomic E-state index is 12.3. The summed E-state index contributed by atoms with van der Waals surface area (Å²) in [7, 11) is 0. The van der Waals surface area contributed by atoms with E-state index in [1.165, 1.54) is 0 Å². The third-order valence-electron chi connectivity index (χ3n) is 3.32. The molecule has 0 unspecified atom stereocenters. The van der Waals surface area contributed by atoms with Crippen molar-refractivity contribution in [1.29, 1.82) is 0 Å². The van der Waals surface area contributed by atoms with Crippen LogP contribution < -0.4 is 0 Å². The van der Waals surface area contributed by atoms with Crippen LogP contribution >= 0.6 is 31.9 Å². The van der Waals surface area contributed by atoms with Crippen LogP contribution in [0.15, 0.2) is 39.3 Å². The highest BCUT2D eigenvalue weighted by atomic mass is 79.9. The van der Waals surface area contributed by atoms with Crippen molar-refractivity contribution in [1.82, 2.24) is 0 Å². The van der Waals surface area contributed by atoms with E-state index in [2.05, 4.69) is 31.9 Å². The molecule has 2 aromatic rings. The Hall–Kier alpha value is -1.79. The molecule has 1 aliphatic rings. The number of fused-ring (bicyclic) bond motifs is 3. The maximum Gasteiger partial charge on any atom is 0.337 e. The topological polar surface area (TPSA) is 71.4 Å². The van der Waals surface area contributed by atoms with Gasteiger partial charge in [0, 0.05) is 20.1 Å². The van der Waals surface area contributed by atoms with E-state index in [1.54, 1.807) is 30.3 Å². The molecule has 0 radical (unpaired) electrons. The Kier molecular flexibility index (Phi) is 3.30. The van der Waals surface area contributed by atoms with Crippen LogP contribution in [0.25, 0.3) is 11.1 Å². The number of carboxylic acid groups (broad SMARTS) is 1. The van der Waals surface area contributed by atoms with Crippen molar-refractivity contribution in [3.8, 4) is 11.1 Å². The predicted molar refractivity (Wildman–Crippen MR) is 82.9 cm³/mol. The Morgan fingerprint density at radius 3 is 2.24 bits per heavy atom. The molecule has 6 heteroatoms. The molecule has 4 nitrogen and oxygen atoms in total. The summed E-state index contributed by atoms with van der Waals surface area (Å²) in [6, 6.07) is 8.22. The van der Waals surface area contributed by atoms with Crippen LogP contribution in [0.1, 0.15) is 31.1 Å². The van der Waals surface area contributed by atoms with E-state index >= 15 is 0 Å². The number of aromatic carboxylic acids is 1. The van der Waals surface area contributed by atoms with Gasteiger partial charge in [0.2, 0.25) is 11.6 Å². The van der Waals surface area contributed by atoms with Crippen molar-refractivity contribution in [2.24, 2.45) is 0 Å². The van der Waals surface area contributed by atoms with E-state index in [9.17, 15) is 19.5 Å². The molecule has 0 saturated carbocycles. The van der Waals surface area contributed by atoms with Crippen molar-refractivity contribution < 1.29 is 19.5 Å². The molecule has 1 aliphatic carbocycles. The van der Waals surface area contributed by atoms with E-state index in [0.717, 1.165) is 0 Å². The zero-order valence-corrected chi connectivity index (χ0v) is 13.5. The summed E-state index contributed by atoms with van der Waals surface area (Å²) in [6.07, 6.45) is 0. The van der Waals surface area contributed by atoms with Gasteiger partial charge in [-0.25, -0.2) is 4.79 Å². The van der Waals surface area contributed by atoms with Gasteiger partial charge >= 0.3 is 5.97 Å². The van der Waals surface area contributed by atoms with Gasteiger partial charge in [-0.05, 0) is 45.3 Å². The number of carbonyl (C=O) groups is 3. The molecule has 0 atom stereocenters. The summed E-state index contributed by atoms with van der Waals surface area (Å²) in [5, 5.41) is 9.32. The van der Waals surface area contributed by atoms with E-state index in [4.69, 9.17) is 0 Å². The number of ketones is 2. The molecule has 0 heterocycles. The minimum absolute atomic E-state index is 0.0586. The van der Waals surface area contributed by atoms with Crippen LogP contribution in [0.5, 0.6) is 0 Å². The Morgan fingerprint density at radius 2 is 1.57 bits per heavy atom. The van der Waals surface area contributed by atoms with E-state index in [0.29, 0.717) is 15.6 Å². The molecule has 1 N–H and O–H groups in total. The molecule has 0 saturated heterocycles. The van der Waals surface area contributed by atoms with E-state index in [1.807, 2.05) is 0 Å². The Bertz CT molecular complexity index is 840. The molecular formula is C15H6Br2O4. The first-order chi connectivity index (χ1) is 9.91. The van der Waals surface area contributed by atoms with Crippen LogP contribution in [0.2, 0.25) is 0 Å². The monoisotopic (exact) mass is 408 g/mol. The third-order valence-corrected chi connectivity index (χ3v) is 4.47. The average Bonchev–Trinajstić information content (AvgIpc) is 2.44. The van der Waals surface area contributed by atoms with E-state index < -0.39 is 17.5 Å². The van der Waals surface area contributed by atoms with Gasteiger partial charge < -0.3 is 5.11 Å². The lowest BCUT2D eigenvalue weighted by molar-refractivity contribution is 0.0690. The van der Waals surface area contributed by atoms with Crippen molar-refractivity contribution in [3.05, 3.63) is 56.0 Å². The standard InChI is InChI=1S/C15H6Br2O4/c16-6-1-2-7-8-3-4-10(17)12(15(20)21)11(8)14(19)13(18)9(7)5-6/h1-5H,(H,20,21). The molecule has 21 heavy (non-hydrogen) atoms. The lowest BCUT2D eigenvalue weighted by Crippen LogP contribution is -2.24. The number of halogens is 2. The molecular weight excluding hydrogens is 404 g/mol. The largest absolute Gasteiger partial charge is 0.478 e. The highest BCUT2D eigenvalue weighted by Gasteiger charge is 2.35. The second-order valence-corrected chi connectivity index (χ2v) is 6.27. The molecule has 104 valence electrons. The number of hydrogen-bond donors (Lipinski definition) is 1. The van der Waals surface area contributed by atoms with Gasteiger partial charge in [0.1, 0.15) is 0 Å². The second kappa shape index (κ2) is 4.89. The predicted octanol–water partition coefficient (Wildman–Crippen LogP) is 3.96. The third kappa shape index (κ3) is 2.06. The highest BCUT2D eigenvalue weighted by molar-refractivity contribution is 9.10. The summed E-state index contributed by atoms with van der Waals surface area (Å²) >= 11 is 6.39. The number of Topliss-reactive ketones (excluding diaryl/α,β-unsaturated/α-hetero) is 2. The molecule has 0 aliphatic heterocycles. The van der Waals surface area contributed by atoms with Crippen LogP contribution in [-0.4, -0.2) is 22.6 Å². The Morgan fingerprint density at radius 1 is 0.905 bits per heavy atom. The fraction of sp³-hybridized carbons (Fsp3) is 0. The quantitative estimate of drug-likeness (QED) is 0.723. The fourth-order valence-electron chi connectivity index (χ4n) is 2.42. The number of benzene rings is 2. The van der Waals surface area contributed by atoms with Gasteiger partial charge in [-0.15, -0.1) is 0 Å². The normalized spacial score (nSPS) is 12.9. The molecule has 0 fully saturated rings. The minimum atomic E-state index is -1.25. The number of carboxylic acids is 1. The van der Waals surface area contributed by atoms with Gasteiger partial charge in [-0.3, -0.25) is 9.59 Å². The molecule has 0 amide bonds. The first-order valence-electron chi connectivity index (χ1n) is 5.86. The zero-order chi connectivity index (χ0) is 15.3. The Balaban J connectivity index is 2.44. The second-order valence-electron chi connectivity index (χ2n) is 4.50. The summed E-state index contributed by atoms with van der Waals surface area (Å²) in [6.45, 7) is 0. The van der Waals surface area contributed by atoms with Crippen LogP contribution in [0.4, 0.5) is 0 Å². The van der Waals surface area contributed by atoms with Gasteiger partial charge in [-0.1, -0.05) is 28.1 Å². The summed E-state index contributed by atoms with van der Waals surface area (Å²) in [5.41, 5.74) is 1.06. The maximum atomic E-state index is 12.3. The minimum Gasteiger partial charge on any atom is -0.478 e. The fourth-order valence-corrected chi connectivity index (χ4v) is 3.28. The van der Waals surface area contributed by atoms with E-state index in [-0.39, 0.29) is 21.2 Å². The summed E-state index contributed by atoms with van der Waals surface area (Å²) in [4.78, 5) is 36.0. The summed E-state index contributed by atoms with van der Waals surface area (Å²) < 4.78 is 0.955. The van der Waals surface area contributed by atoms with Gasteiger partial charge in [0.05, 0.1) is 5.56 Å². The first-order valence-corrected chi connectivity index (χ1v) is 7.45. The van der Waals surface area contributed by atoms with Gasteiger partial charge in [0.25, 0.3) is 0 Å². The molecule has 0 bridgehead atoms. The molecule has 0 spiro atoms. The van der Waals surface area contributed by atoms with Crippen molar-refractivity contribution in [2.45, 2.75) is 0 Å². The van der Waals surface area contributed by atoms with Gasteiger partial charge in [0.15, 0.2) is 0 Å². The van der Waals surface area contributed by atoms with Crippen LogP contribution in [-0.2, 0) is 0 Å². The SMILES string of the molecule is O=C1C(=O)c2c(ccc(Br)c2C(=O)O)-c2ccc(Br)cc21. The summed E-state index contributed by atoms with van der Waals surface area (Å²) in [5.74, 6) is -2.74. The molecule has 0 aromatic heterocycles. The number of carbonyl (C=O) groups excluding carboxylic acids is 2. The lowest BCUT2D eigenvalue weighted by Gasteiger charge is -2.20. The Labute approximate surface area is 136 Å². The molecule has 3 rings (SSSR count). The van der Waals surface area contributed by atoms with Crippen molar-refractivity contribution >= 4 is 49.4 Å². The van der Waals surface area contributed by atoms with Crippen molar-refractivity contribution in [2.75, 3.05) is 0 Å². The zero-order valence-electron chi connectivity index (χ0n) is 10.3. The number of rotatable bonds is 1. The van der Waals surface area contributed by atoms with Crippen molar-refractivity contribution in [3.63, 3.8) is 0 Å². The van der Waals surface area contributed by atoms with Crippen LogP contribution in [0, 0.1) is 0 Å². The highest BCUT2D eigenvalue weighted by Crippen LogP contribution is 2.38. The average molecular weight is 410 g/mol. The lowest BCUT2D eigenvalue weighted by atomic mass is 9.82. The number of hydrogen-bond acceptors (Lipinski definition) is 3.